The molecule has 0 aromatic carbocycles. The van der Waals surface area contributed by atoms with Crippen LogP contribution in [0.25, 0.3) is 0 Å². The zero-order valence-electron chi connectivity index (χ0n) is 10.8. The number of hydrazine groups is 1. The maximum Gasteiger partial charge on any atom is 0.331 e. The number of hydrogen-bond acceptors (Lipinski definition) is 5. The second kappa shape index (κ2) is 5.89. The largest absolute Gasteiger partial charge is 0.331 e. The van der Waals surface area contributed by atoms with E-state index in [-0.39, 0.29) is 6.54 Å². The van der Waals surface area contributed by atoms with Crippen molar-refractivity contribution in [2.75, 3.05) is 5.43 Å². The zero-order valence-corrected chi connectivity index (χ0v) is 11.6. The van der Waals surface area contributed by atoms with E-state index in [9.17, 15) is 9.59 Å². The Balaban J connectivity index is 2.50. The van der Waals surface area contributed by atoms with Gasteiger partial charge in [-0.1, -0.05) is 11.6 Å². The molecule has 0 saturated heterocycles. The van der Waals surface area contributed by atoms with E-state index < -0.39 is 11.2 Å². The first-order valence-electron chi connectivity index (χ1n) is 5.99. The number of nitrogens with one attached hydrogen (secondary N) is 1. The number of nitrogens with two attached hydrogens (primary N) is 1. The quantitative estimate of drug-likeness (QED) is 0.629. The van der Waals surface area contributed by atoms with Gasteiger partial charge in [0.2, 0.25) is 0 Å². The highest BCUT2D eigenvalue weighted by atomic mass is 35.5. The lowest BCUT2D eigenvalue weighted by molar-refractivity contribution is 0.595. The molecule has 7 nitrogen and oxygen atoms in total. The van der Waals surface area contributed by atoms with Crippen LogP contribution in [-0.4, -0.2) is 14.1 Å². The minimum Gasteiger partial charge on any atom is -0.308 e. The van der Waals surface area contributed by atoms with Crippen LogP contribution >= 0.6 is 11.6 Å². The number of anilines is 1. The maximum atomic E-state index is 12.1. The number of aryl methyl sites for hydroxylation is 1. The van der Waals surface area contributed by atoms with Crippen molar-refractivity contribution in [1.29, 1.82) is 0 Å². The van der Waals surface area contributed by atoms with Gasteiger partial charge in [0.15, 0.2) is 0 Å². The molecule has 2 aromatic rings. The highest BCUT2D eigenvalue weighted by molar-refractivity contribution is 6.31. The fraction of sp³-hybridized carbons (Fsp3) is 0.250. The molecule has 0 amide bonds. The van der Waals surface area contributed by atoms with E-state index in [1.165, 1.54) is 16.8 Å². The third kappa shape index (κ3) is 2.73. The van der Waals surface area contributed by atoms with Crippen molar-refractivity contribution in [3.8, 4) is 0 Å². The molecule has 8 heteroatoms. The Bertz CT molecular complexity index is 737. The number of halogens is 1. The second-order valence-corrected chi connectivity index (χ2v) is 4.49. The van der Waals surface area contributed by atoms with Gasteiger partial charge >= 0.3 is 5.69 Å². The smallest absolute Gasteiger partial charge is 0.308 e. The molecule has 20 heavy (non-hydrogen) atoms. The van der Waals surface area contributed by atoms with Crippen molar-refractivity contribution in [2.45, 2.75) is 20.0 Å². The van der Waals surface area contributed by atoms with Gasteiger partial charge in [0.25, 0.3) is 5.56 Å². The van der Waals surface area contributed by atoms with Gasteiger partial charge in [-0.25, -0.2) is 15.6 Å². The van der Waals surface area contributed by atoms with Gasteiger partial charge in [-0.05, 0) is 19.1 Å². The first-order chi connectivity index (χ1) is 9.56. The molecule has 0 aliphatic rings. The fourth-order valence-electron chi connectivity index (χ4n) is 1.77. The molecule has 0 bridgehead atoms. The summed E-state index contributed by atoms with van der Waals surface area (Å²) in [5.74, 6) is 5.68. The lowest BCUT2D eigenvalue weighted by atomic mass is 10.3. The summed E-state index contributed by atoms with van der Waals surface area (Å²) in [6, 6.07) is 4.54. The molecular weight excluding hydrogens is 282 g/mol. The summed E-state index contributed by atoms with van der Waals surface area (Å²) < 4.78 is 2.51. The van der Waals surface area contributed by atoms with Gasteiger partial charge in [0.05, 0.1) is 17.3 Å². The van der Waals surface area contributed by atoms with Gasteiger partial charge in [0.1, 0.15) is 5.82 Å². The summed E-state index contributed by atoms with van der Waals surface area (Å²) in [6.07, 6.45) is 1.47. The predicted molar refractivity (Wildman–Crippen MR) is 76.8 cm³/mol. The Labute approximate surface area is 119 Å². The lowest BCUT2D eigenvalue weighted by Crippen LogP contribution is -2.39. The Hall–Kier alpha value is -2.12. The third-order valence-corrected chi connectivity index (χ3v) is 3.20. The van der Waals surface area contributed by atoms with Crippen LogP contribution in [0.4, 0.5) is 5.82 Å². The molecule has 0 aliphatic heterocycles. The number of rotatable bonds is 4. The first kappa shape index (κ1) is 14.3. The molecule has 2 rings (SSSR count). The number of aromatic nitrogens is 3. The van der Waals surface area contributed by atoms with Gasteiger partial charge < -0.3 is 9.99 Å². The van der Waals surface area contributed by atoms with Crippen molar-refractivity contribution in [3.05, 3.63) is 56.0 Å². The van der Waals surface area contributed by atoms with Crippen LogP contribution in [0.5, 0.6) is 0 Å². The topological polar surface area (TPSA) is 94.9 Å². The molecule has 3 N–H and O–H groups in total. The van der Waals surface area contributed by atoms with Gasteiger partial charge in [-0.15, -0.1) is 0 Å². The van der Waals surface area contributed by atoms with Gasteiger partial charge in [-0.2, -0.15) is 0 Å². The van der Waals surface area contributed by atoms with Crippen LogP contribution in [0.15, 0.2) is 34.0 Å². The summed E-state index contributed by atoms with van der Waals surface area (Å²) in [4.78, 5) is 28.1. The second-order valence-electron chi connectivity index (χ2n) is 4.08. The van der Waals surface area contributed by atoms with Crippen LogP contribution in [0.1, 0.15) is 12.6 Å². The minimum atomic E-state index is -0.399. The number of pyridine rings is 1. The molecule has 2 aromatic heterocycles. The van der Waals surface area contributed by atoms with Crippen LogP contribution in [0.2, 0.25) is 5.02 Å². The summed E-state index contributed by atoms with van der Waals surface area (Å²) in [7, 11) is 0. The van der Waals surface area contributed by atoms with E-state index >= 15 is 0 Å². The third-order valence-electron chi connectivity index (χ3n) is 2.85. The van der Waals surface area contributed by atoms with Crippen molar-refractivity contribution >= 4 is 17.4 Å². The number of hydrogen-bond donors (Lipinski definition) is 2. The van der Waals surface area contributed by atoms with E-state index in [1.54, 1.807) is 12.1 Å². The number of nitrogen functional groups attached to an aromatic ring is 1. The minimum absolute atomic E-state index is 0.00708. The van der Waals surface area contributed by atoms with Crippen LogP contribution in [0, 0.1) is 0 Å². The molecule has 0 saturated carbocycles. The summed E-state index contributed by atoms with van der Waals surface area (Å²) >= 11 is 6.03. The van der Waals surface area contributed by atoms with E-state index in [0.29, 0.717) is 23.1 Å². The summed E-state index contributed by atoms with van der Waals surface area (Å²) in [6.45, 7) is 2.29. The average Bonchev–Trinajstić information content (AvgIpc) is 2.45. The molecule has 0 fully saturated rings. The first-order valence-corrected chi connectivity index (χ1v) is 6.37. The Morgan fingerprint density at radius 3 is 2.75 bits per heavy atom. The molecule has 106 valence electrons. The highest BCUT2D eigenvalue weighted by Crippen LogP contribution is 2.16. The molecule has 0 aliphatic carbocycles. The SMILES string of the molecule is CCn1ccc(=O)n(Cc2nc(NN)ccc2Cl)c1=O. The predicted octanol–water partition coefficient (Wildman–Crippen LogP) is 0.412. The fourth-order valence-corrected chi connectivity index (χ4v) is 1.93. The normalized spacial score (nSPS) is 10.6. The highest BCUT2D eigenvalue weighted by Gasteiger charge is 2.09. The summed E-state index contributed by atoms with van der Waals surface area (Å²) in [5, 5.41) is 0.363. The molecule has 0 atom stereocenters. The lowest BCUT2D eigenvalue weighted by Gasteiger charge is -2.10. The molecule has 0 radical (unpaired) electrons. The monoisotopic (exact) mass is 295 g/mol. The van der Waals surface area contributed by atoms with E-state index in [4.69, 9.17) is 17.4 Å². The van der Waals surface area contributed by atoms with Crippen LogP contribution in [0.3, 0.4) is 0 Å². The molecule has 0 spiro atoms. The van der Waals surface area contributed by atoms with Gasteiger partial charge in [0, 0.05) is 18.8 Å². The summed E-state index contributed by atoms with van der Waals surface area (Å²) in [5.41, 5.74) is 1.99. The van der Waals surface area contributed by atoms with Crippen LogP contribution in [-0.2, 0) is 13.1 Å². The van der Waals surface area contributed by atoms with E-state index in [0.717, 1.165) is 4.57 Å². The van der Waals surface area contributed by atoms with E-state index in [1.807, 2.05) is 6.92 Å². The molecule has 2 heterocycles. The van der Waals surface area contributed by atoms with Crippen molar-refractivity contribution < 1.29 is 0 Å². The van der Waals surface area contributed by atoms with E-state index in [2.05, 4.69) is 10.4 Å². The Morgan fingerprint density at radius 1 is 1.35 bits per heavy atom. The molecular formula is C12H14ClN5O2. The molecule has 0 unspecified atom stereocenters. The average molecular weight is 296 g/mol. The Kier molecular flexibility index (Phi) is 4.21. The maximum absolute atomic E-state index is 12.1. The number of nitrogens with zero attached hydrogens (tertiary/aromatic N) is 3. The standard InChI is InChI=1S/C12H14ClN5O2/c1-2-17-6-5-11(19)18(12(17)20)7-9-8(13)3-4-10(15-9)16-14/h3-6H,2,7,14H2,1H3,(H,15,16). The zero-order chi connectivity index (χ0) is 14.7. The van der Waals surface area contributed by atoms with Crippen molar-refractivity contribution in [2.24, 2.45) is 5.84 Å². The Morgan fingerprint density at radius 2 is 2.10 bits per heavy atom. The van der Waals surface area contributed by atoms with Crippen LogP contribution < -0.4 is 22.5 Å². The van der Waals surface area contributed by atoms with Crippen molar-refractivity contribution in [1.82, 2.24) is 14.1 Å². The van der Waals surface area contributed by atoms with Crippen molar-refractivity contribution in [3.63, 3.8) is 0 Å². The van der Waals surface area contributed by atoms with Gasteiger partial charge in [-0.3, -0.25) is 9.36 Å².